The van der Waals surface area contributed by atoms with Gasteiger partial charge in [-0.2, -0.15) is 0 Å². The largest absolute Gasteiger partial charge is 0.378 e. The highest BCUT2D eigenvalue weighted by molar-refractivity contribution is 6.03. The Bertz CT molecular complexity index is 1230. The van der Waals surface area contributed by atoms with E-state index in [-0.39, 0.29) is 12.1 Å². The molecule has 0 bridgehead atoms. The van der Waals surface area contributed by atoms with E-state index in [9.17, 15) is 4.79 Å². The molecule has 1 unspecified atom stereocenters. The fourth-order valence-corrected chi connectivity index (χ4v) is 5.30. The number of aliphatic imine (C=N–C) groups is 1. The average Bonchev–Trinajstić information content (AvgIpc) is 3.39. The van der Waals surface area contributed by atoms with Gasteiger partial charge >= 0.3 is 0 Å². The maximum atomic E-state index is 12.9. The molecular formula is C28H33N7O2. The molecule has 0 spiro atoms. The van der Waals surface area contributed by atoms with Crippen molar-refractivity contribution in [3.8, 4) is 0 Å². The Labute approximate surface area is 217 Å². The van der Waals surface area contributed by atoms with Crippen LogP contribution in [0.1, 0.15) is 40.9 Å². The van der Waals surface area contributed by atoms with Crippen molar-refractivity contribution in [1.29, 1.82) is 0 Å². The van der Waals surface area contributed by atoms with Gasteiger partial charge in [-0.3, -0.25) is 14.7 Å². The van der Waals surface area contributed by atoms with Gasteiger partial charge in [0, 0.05) is 42.8 Å². The second-order valence-corrected chi connectivity index (χ2v) is 9.85. The molecule has 9 heteroatoms. The Kier molecular flexibility index (Phi) is 6.88. The summed E-state index contributed by atoms with van der Waals surface area (Å²) < 4.78 is 5.50. The molecule has 37 heavy (non-hydrogen) atoms. The average molecular weight is 500 g/mol. The normalized spacial score (nSPS) is 21.7. The first-order valence-electron chi connectivity index (χ1n) is 13.2. The molecule has 1 aromatic heterocycles. The second kappa shape index (κ2) is 10.7. The van der Waals surface area contributed by atoms with E-state index < -0.39 is 0 Å². The second-order valence-electron chi connectivity index (χ2n) is 9.85. The molecule has 1 amide bonds. The van der Waals surface area contributed by atoms with Gasteiger partial charge in [-0.15, -0.1) is 0 Å². The number of amides is 1. The summed E-state index contributed by atoms with van der Waals surface area (Å²) >= 11 is 0. The number of rotatable bonds is 6. The number of carbonyl (C=O) groups excluding carboxylic acids is 1. The number of pyridine rings is 1. The molecule has 1 atom stereocenters. The maximum Gasteiger partial charge on any atom is 0.274 e. The third-order valence-corrected chi connectivity index (χ3v) is 7.28. The number of aromatic nitrogens is 1. The molecule has 0 radical (unpaired) electrons. The molecule has 2 saturated heterocycles. The van der Waals surface area contributed by atoms with Crippen molar-refractivity contribution in [2.45, 2.75) is 32.0 Å². The van der Waals surface area contributed by atoms with Gasteiger partial charge in [0.05, 0.1) is 19.6 Å². The van der Waals surface area contributed by atoms with Crippen molar-refractivity contribution in [3.63, 3.8) is 0 Å². The number of hydrogen-bond acceptors (Lipinski definition) is 8. The highest BCUT2D eigenvalue weighted by Crippen LogP contribution is 2.29. The van der Waals surface area contributed by atoms with Crippen LogP contribution in [-0.4, -0.2) is 72.6 Å². The van der Waals surface area contributed by atoms with Crippen molar-refractivity contribution in [2.75, 3.05) is 44.7 Å². The molecule has 4 aliphatic rings. The molecule has 9 nitrogen and oxygen atoms in total. The summed E-state index contributed by atoms with van der Waals surface area (Å²) in [6.45, 7) is 6.29. The van der Waals surface area contributed by atoms with Gasteiger partial charge < -0.3 is 25.6 Å². The van der Waals surface area contributed by atoms with Crippen LogP contribution in [0.5, 0.6) is 0 Å². The van der Waals surface area contributed by atoms with Crippen molar-refractivity contribution in [2.24, 2.45) is 4.99 Å². The molecular weight excluding hydrogens is 466 g/mol. The number of ether oxygens (including phenoxy) is 1. The van der Waals surface area contributed by atoms with Crippen molar-refractivity contribution in [1.82, 2.24) is 25.4 Å². The van der Waals surface area contributed by atoms with Crippen molar-refractivity contribution in [3.05, 3.63) is 76.9 Å². The number of nitrogens with one attached hydrogen (secondary N) is 3. The standard InChI is InChI=1S/C28H33N7O2/c36-28(25-16-20(8-9-29-25)18-34-10-2-1-3-11-34)32-22-6-4-21(5-7-22)24-17-23-26(33-24)30-19-31-27(23)35-12-14-37-15-13-35/h4-9,16-17,19,26,33H,1-3,10-15,18H2,(H,30,31)(H,32,36). The first-order chi connectivity index (χ1) is 18.2. The van der Waals surface area contributed by atoms with Crippen LogP contribution < -0.4 is 16.0 Å². The van der Waals surface area contributed by atoms with Crippen LogP contribution in [0, 0.1) is 0 Å². The summed E-state index contributed by atoms with van der Waals surface area (Å²) in [7, 11) is 0. The van der Waals surface area contributed by atoms with E-state index in [0.29, 0.717) is 5.69 Å². The summed E-state index contributed by atoms with van der Waals surface area (Å²) in [4.78, 5) is 26.5. The quantitative estimate of drug-likeness (QED) is 0.563. The summed E-state index contributed by atoms with van der Waals surface area (Å²) in [5, 5.41) is 9.82. The van der Waals surface area contributed by atoms with E-state index in [2.05, 4.69) is 41.8 Å². The zero-order valence-electron chi connectivity index (χ0n) is 20.9. The van der Waals surface area contributed by atoms with Crippen LogP contribution in [0.2, 0.25) is 0 Å². The number of anilines is 1. The fourth-order valence-electron chi connectivity index (χ4n) is 5.30. The smallest absolute Gasteiger partial charge is 0.274 e. The first kappa shape index (κ1) is 23.7. The van der Waals surface area contributed by atoms with Crippen LogP contribution in [-0.2, 0) is 11.3 Å². The van der Waals surface area contributed by atoms with Crippen molar-refractivity contribution < 1.29 is 9.53 Å². The van der Waals surface area contributed by atoms with E-state index in [0.717, 1.165) is 79.8 Å². The SMILES string of the molecule is O=C(Nc1ccc(C2=CC3=C(N4CCOCC4)NC=NC3N2)cc1)c1cc(CN2CCCCC2)ccn1. The Morgan fingerprint density at radius 1 is 1.05 bits per heavy atom. The zero-order valence-corrected chi connectivity index (χ0v) is 20.9. The number of carbonyl (C=O) groups is 1. The summed E-state index contributed by atoms with van der Waals surface area (Å²) in [6.07, 6.45) is 9.35. The van der Waals surface area contributed by atoms with Crippen LogP contribution >= 0.6 is 0 Å². The van der Waals surface area contributed by atoms with Gasteiger partial charge in [0.2, 0.25) is 0 Å². The monoisotopic (exact) mass is 499 g/mol. The van der Waals surface area contributed by atoms with Crippen LogP contribution in [0.3, 0.4) is 0 Å². The van der Waals surface area contributed by atoms with E-state index in [1.165, 1.54) is 19.3 Å². The van der Waals surface area contributed by atoms with Gasteiger partial charge in [0.15, 0.2) is 0 Å². The lowest BCUT2D eigenvalue weighted by Gasteiger charge is -2.33. The third kappa shape index (κ3) is 5.38. The predicted octanol–water partition coefficient (Wildman–Crippen LogP) is 2.77. The van der Waals surface area contributed by atoms with Gasteiger partial charge in [-0.1, -0.05) is 18.6 Å². The maximum absolute atomic E-state index is 12.9. The van der Waals surface area contributed by atoms with Gasteiger partial charge in [-0.05, 0) is 67.4 Å². The topological polar surface area (TPSA) is 94.1 Å². The molecule has 6 rings (SSSR count). The molecule has 5 heterocycles. The number of nitrogens with zero attached hydrogens (tertiary/aromatic N) is 4. The molecule has 1 aromatic carbocycles. The number of fused-ring (bicyclic) bond motifs is 1. The Hall–Kier alpha value is -3.69. The summed E-state index contributed by atoms with van der Waals surface area (Å²) in [6, 6.07) is 11.8. The lowest BCUT2D eigenvalue weighted by Crippen LogP contribution is -2.43. The highest BCUT2D eigenvalue weighted by Gasteiger charge is 2.29. The number of hydrogen-bond donors (Lipinski definition) is 3. The minimum atomic E-state index is -0.196. The number of morpholine rings is 1. The van der Waals surface area contributed by atoms with E-state index >= 15 is 0 Å². The Balaban J connectivity index is 1.12. The fraction of sp³-hybridized carbons (Fsp3) is 0.393. The minimum absolute atomic E-state index is 0.100. The van der Waals surface area contributed by atoms with Crippen molar-refractivity contribution >= 4 is 23.6 Å². The summed E-state index contributed by atoms with van der Waals surface area (Å²) in [5.74, 6) is 0.892. The lowest BCUT2D eigenvalue weighted by atomic mass is 10.1. The number of likely N-dealkylation sites (tertiary alicyclic amines) is 1. The minimum Gasteiger partial charge on any atom is -0.378 e. The highest BCUT2D eigenvalue weighted by atomic mass is 16.5. The van der Waals surface area contributed by atoms with Crippen LogP contribution in [0.4, 0.5) is 5.69 Å². The van der Waals surface area contributed by atoms with E-state index in [1.54, 1.807) is 12.5 Å². The molecule has 0 saturated carbocycles. The molecule has 2 aromatic rings. The predicted molar refractivity (Wildman–Crippen MR) is 144 cm³/mol. The first-order valence-corrected chi connectivity index (χ1v) is 13.2. The molecule has 2 fully saturated rings. The molecule has 0 aliphatic carbocycles. The lowest BCUT2D eigenvalue weighted by molar-refractivity contribution is 0.0510. The third-order valence-electron chi connectivity index (χ3n) is 7.28. The van der Waals surface area contributed by atoms with Gasteiger partial charge in [0.1, 0.15) is 17.7 Å². The Morgan fingerprint density at radius 3 is 2.68 bits per heavy atom. The molecule has 3 N–H and O–H groups in total. The van der Waals surface area contributed by atoms with Gasteiger partial charge in [-0.25, -0.2) is 4.99 Å². The number of piperidine rings is 1. The zero-order chi connectivity index (χ0) is 25.0. The number of benzene rings is 1. The van der Waals surface area contributed by atoms with Crippen LogP contribution in [0.25, 0.3) is 5.70 Å². The summed E-state index contributed by atoms with van der Waals surface area (Å²) in [5.41, 5.74) is 5.49. The molecule has 4 aliphatic heterocycles. The van der Waals surface area contributed by atoms with Gasteiger partial charge in [0.25, 0.3) is 5.91 Å². The van der Waals surface area contributed by atoms with E-state index in [1.807, 2.05) is 36.4 Å². The Morgan fingerprint density at radius 2 is 1.86 bits per heavy atom. The van der Waals surface area contributed by atoms with E-state index in [4.69, 9.17) is 4.74 Å². The van der Waals surface area contributed by atoms with Crippen LogP contribution in [0.15, 0.2) is 65.1 Å². The molecule has 192 valence electrons.